The van der Waals surface area contributed by atoms with Gasteiger partial charge in [0.1, 0.15) is 17.0 Å². The van der Waals surface area contributed by atoms with Gasteiger partial charge >= 0.3 is 5.97 Å². The maximum absolute atomic E-state index is 13.6. The number of esters is 1. The molecule has 3 rings (SSSR count). The molecule has 0 saturated carbocycles. The number of hydrogen-bond acceptors (Lipinski definition) is 7. The topological polar surface area (TPSA) is 120 Å². The summed E-state index contributed by atoms with van der Waals surface area (Å²) in [7, 11) is 1.55. The van der Waals surface area contributed by atoms with Crippen LogP contribution >= 0.6 is 0 Å². The van der Waals surface area contributed by atoms with Crippen molar-refractivity contribution in [2.45, 2.75) is 63.3 Å². The molecule has 35 heavy (non-hydrogen) atoms. The number of nitrogens with one attached hydrogen (secondary N) is 1. The second-order valence-corrected chi connectivity index (χ2v) is 10.1. The summed E-state index contributed by atoms with van der Waals surface area (Å²) >= 11 is 0. The van der Waals surface area contributed by atoms with Crippen molar-refractivity contribution >= 4 is 17.7 Å². The molecule has 0 unspecified atom stereocenters. The Morgan fingerprint density at radius 3 is 2.17 bits per heavy atom. The maximum atomic E-state index is 13.6. The molecule has 2 aromatic carbocycles. The van der Waals surface area contributed by atoms with Crippen LogP contribution < -0.4 is 15.8 Å². The van der Waals surface area contributed by atoms with E-state index in [2.05, 4.69) is 5.32 Å². The summed E-state index contributed by atoms with van der Waals surface area (Å²) < 4.78 is 16.0. The van der Waals surface area contributed by atoms with E-state index >= 15 is 0 Å². The summed E-state index contributed by atoms with van der Waals surface area (Å²) in [5, 5.41) is 2.74. The fourth-order valence-corrected chi connectivity index (χ4v) is 3.64. The molecule has 3 N–H and O–H groups in total. The molecule has 0 radical (unpaired) electrons. The van der Waals surface area contributed by atoms with E-state index in [0.717, 1.165) is 5.56 Å². The van der Waals surface area contributed by atoms with Gasteiger partial charge in [0, 0.05) is 6.42 Å². The summed E-state index contributed by atoms with van der Waals surface area (Å²) in [6.45, 7) is 7.05. The van der Waals surface area contributed by atoms with Crippen LogP contribution in [0, 0.1) is 0 Å². The number of benzene rings is 2. The van der Waals surface area contributed by atoms with E-state index in [-0.39, 0.29) is 25.2 Å². The Balaban J connectivity index is 1.90. The number of ether oxygens (including phenoxy) is 3. The van der Waals surface area contributed by atoms with E-state index in [1.165, 1.54) is 0 Å². The summed E-state index contributed by atoms with van der Waals surface area (Å²) in [5.41, 5.74) is 4.09. The summed E-state index contributed by atoms with van der Waals surface area (Å²) in [4.78, 5) is 40.1. The van der Waals surface area contributed by atoms with Crippen molar-refractivity contribution in [3.63, 3.8) is 0 Å². The molecule has 1 aliphatic rings. The van der Waals surface area contributed by atoms with Crippen LogP contribution in [0.15, 0.2) is 54.6 Å². The van der Waals surface area contributed by atoms with Crippen LogP contribution in [0.5, 0.6) is 5.75 Å². The summed E-state index contributed by atoms with van der Waals surface area (Å²) in [6.07, 6.45) is 0.106. The van der Waals surface area contributed by atoms with E-state index < -0.39 is 34.7 Å². The lowest BCUT2D eigenvalue weighted by atomic mass is 9.88. The predicted molar refractivity (Wildman–Crippen MR) is 131 cm³/mol. The minimum absolute atomic E-state index is 0.127. The zero-order chi connectivity index (χ0) is 25.9. The Bertz CT molecular complexity index is 1060. The average Bonchev–Trinajstić information content (AvgIpc) is 3.56. The number of hydrogen-bond donors (Lipinski definition) is 2. The van der Waals surface area contributed by atoms with Crippen LogP contribution in [0.4, 0.5) is 0 Å². The van der Waals surface area contributed by atoms with E-state index in [1.54, 1.807) is 59.1 Å². The molecule has 0 bridgehead atoms. The smallest absolute Gasteiger partial charge is 0.336 e. The van der Waals surface area contributed by atoms with Gasteiger partial charge < -0.3 is 25.3 Å². The molecule has 188 valence electrons. The third kappa shape index (κ3) is 6.68. The van der Waals surface area contributed by atoms with Gasteiger partial charge in [-0.2, -0.15) is 0 Å². The first-order chi connectivity index (χ1) is 16.4. The molecular weight excluding hydrogens is 448 g/mol. The largest absolute Gasteiger partial charge is 0.497 e. The van der Waals surface area contributed by atoms with E-state index in [1.807, 2.05) is 30.3 Å². The lowest BCUT2D eigenvalue weighted by Gasteiger charge is -2.32. The van der Waals surface area contributed by atoms with Crippen molar-refractivity contribution in [1.82, 2.24) is 5.32 Å². The number of carbonyl (C=O) groups is 3. The third-order valence-electron chi connectivity index (χ3n) is 5.81. The van der Waals surface area contributed by atoms with Crippen LogP contribution in [0.3, 0.4) is 0 Å². The number of methoxy groups -OCH3 is 1. The average molecular weight is 483 g/mol. The monoisotopic (exact) mass is 482 g/mol. The van der Waals surface area contributed by atoms with Crippen LogP contribution in [-0.4, -0.2) is 54.2 Å². The fourth-order valence-electron chi connectivity index (χ4n) is 3.64. The zero-order valence-corrected chi connectivity index (χ0v) is 20.9. The SMILES string of the molecule is COc1ccc(C[C@](N)(C(=O)N[C@@H](Cc2ccccc2)C(=O)[C@@]2(C)CO2)C(=O)OC(C)(C)C)cc1. The Morgan fingerprint density at radius 1 is 1.06 bits per heavy atom. The van der Waals surface area contributed by atoms with Crippen molar-refractivity contribution in [3.05, 3.63) is 65.7 Å². The standard InChI is InChI=1S/C27H34N2O6/c1-25(2,3)35-24(32)27(28,16-19-11-13-20(33-5)14-12-19)23(31)29-21(22(30)26(4)17-34-26)15-18-9-7-6-8-10-18/h6-14,21H,15-17,28H2,1-5H3,(H,29,31)/t21-,26+,27-/m0/s1. The molecule has 0 aliphatic carbocycles. The van der Waals surface area contributed by atoms with Crippen molar-refractivity contribution in [2.75, 3.05) is 13.7 Å². The Hall–Kier alpha value is -3.23. The number of ketones is 1. The minimum Gasteiger partial charge on any atom is -0.497 e. The van der Waals surface area contributed by atoms with Gasteiger partial charge in [0.2, 0.25) is 0 Å². The second-order valence-electron chi connectivity index (χ2n) is 10.1. The number of Topliss-reactive ketones (excluding diaryl/α,β-unsaturated/α-hetero) is 1. The molecular formula is C27H34N2O6. The molecule has 8 heteroatoms. The zero-order valence-electron chi connectivity index (χ0n) is 20.9. The van der Waals surface area contributed by atoms with Crippen molar-refractivity contribution in [2.24, 2.45) is 5.73 Å². The quantitative estimate of drug-likeness (QED) is 0.303. The molecule has 1 saturated heterocycles. The van der Waals surface area contributed by atoms with Gasteiger partial charge in [-0.1, -0.05) is 42.5 Å². The van der Waals surface area contributed by atoms with Crippen LogP contribution in [-0.2, 0) is 36.7 Å². The van der Waals surface area contributed by atoms with Gasteiger partial charge in [0.05, 0.1) is 19.8 Å². The molecule has 2 aromatic rings. The normalized spacial score (nSPS) is 19.7. The minimum atomic E-state index is -2.07. The van der Waals surface area contributed by atoms with Gasteiger partial charge in [-0.3, -0.25) is 9.59 Å². The Morgan fingerprint density at radius 2 is 1.66 bits per heavy atom. The molecule has 0 spiro atoms. The molecule has 3 atom stereocenters. The highest BCUT2D eigenvalue weighted by molar-refractivity contribution is 6.09. The molecule has 8 nitrogen and oxygen atoms in total. The summed E-state index contributed by atoms with van der Waals surface area (Å²) in [6, 6.07) is 15.3. The predicted octanol–water partition coefficient (Wildman–Crippen LogP) is 2.36. The molecule has 1 amide bonds. The van der Waals surface area contributed by atoms with Gasteiger partial charge in [-0.05, 0) is 57.4 Å². The van der Waals surface area contributed by atoms with Gasteiger partial charge in [0.15, 0.2) is 11.3 Å². The van der Waals surface area contributed by atoms with Crippen LogP contribution in [0.1, 0.15) is 38.8 Å². The Labute approximate surface area is 206 Å². The number of nitrogens with two attached hydrogens (primary N) is 1. The third-order valence-corrected chi connectivity index (χ3v) is 5.81. The lowest BCUT2D eigenvalue weighted by Crippen LogP contribution is -2.65. The highest BCUT2D eigenvalue weighted by Gasteiger charge is 2.52. The summed E-state index contributed by atoms with van der Waals surface area (Å²) in [5.74, 6) is -1.31. The van der Waals surface area contributed by atoms with Crippen LogP contribution in [0.25, 0.3) is 0 Å². The van der Waals surface area contributed by atoms with E-state index in [9.17, 15) is 14.4 Å². The molecule has 1 heterocycles. The number of carbonyl (C=O) groups excluding carboxylic acids is 3. The van der Waals surface area contributed by atoms with Crippen molar-refractivity contribution < 1.29 is 28.6 Å². The lowest BCUT2D eigenvalue weighted by molar-refractivity contribution is -0.164. The van der Waals surface area contributed by atoms with Crippen molar-refractivity contribution in [1.29, 1.82) is 0 Å². The molecule has 0 aromatic heterocycles. The number of amides is 1. The van der Waals surface area contributed by atoms with Crippen LogP contribution in [0.2, 0.25) is 0 Å². The molecule has 1 aliphatic heterocycles. The fraction of sp³-hybridized carbons (Fsp3) is 0.444. The highest BCUT2D eigenvalue weighted by atomic mass is 16.6. The highest BCUT2D eigenvalue weighted by Crippen LogP contribution is 2.29. The Kier molecular flexibility index (Phi) is 7.67. The first-order valence-corrected chi connectivity index (χ1v) is 11.5. The second kappa shape index (κ2) is 10.2. The van der Waals surface area contributed by atoms with E-state index in [0.29, 0.717) is 11.3 Å². The first-order valence-electron chi connectivity index (χ1n) is 11.5. The van der Waals surface area contributed by atoms with Gasteiger partial charge in [-0.15, -0.1) is 0 Å². The first kappa shape index (κ1) is 26.4. The number of epoxide rings is 1. The van der Waals surface area contributed by atoms with Gasteiger partial charge in [-0.25, -0.2) is 4.79 Å². The van der Waals surface area contributed by atoms with E-state index in [4.69, 9.17) is 19.9 Å². The molecule has 1 fully saturated rings. The maximum Gasteiger partial charge on any atom is 0.336 e. The van der Waals surface area contributed by atoms with Gasteiger partial charge in [0.25, 0.3) is 5.91 Å². The number of rotatable bonds is 10. The van der Waals surface area contributed by atoms with Crippen molar-refractivity contribution in [3.8, 4) is 5.75 Å².